The summed E-state index contributed by atoms with van der Waals surface area (Å²) in [7, 11) is 0. The molecule has 9 heteroatoms. The molecule has 3 nitrogen and oxygen atoms in total. The topological polar surface area (TPSA) is 43.4 Å². The molecule has 2 aromatic carbocycles. The molecule has 0 unspecified atom stereocenters. The number of carbonyl (C=O) groups is 1. The monoisotopic (exact) mass is 510 g/mol. The molecule has 0 aliphatic rings. The van der Waals surface area contributed by atoms with Gasteiger partial charge in [0.2, 0.25) is 5.78 Å². The van der Waals surface area contributed by atoms with Gasteiger partial charge in [-0.15, -0.1) is 0 Å². The molecule has 0 aliphatic carbocycles. The summed E-state index contributed by atoms with van der Waals surface area (Å²) >= 11 is 18.1. The summed E-state index contributed by atoms with van der Waals surface area (Å²) in [6.07, 6.45) is -1.91. The van der Waals surface area contributed by atoms with E-state index in [1.165, 1.54) is 30.4 Å². The number of hydrogen-bond acceptors (Lipinski definition) is 3. The van der Waals surface area contributed by atoms with Crippen molar-refractivity contribution in [2.45, 2.75) is 6.18 Å². The summed E-state index contributed by atoms with van der Waals surface area (Å²) < 4.78 is 50.1. The van der Waals surface area contributed by atoms with Crippen molar-refractivity contribution < 1.29 is 26.8 Å². The fourth-order valence-corrected chi connectivity index (χ4v) is 3.73. The van der Waals surface area contributed by atoms with E-state index < -0.39 is 17.5 Å². The van der Waals surface area contributed by atoms with Gasteiger partial charge in [-0.2, -0.15) is 13.2 Å². The minimum absolute atomic E-state index is 0.0694. The van der Waals surface area contributed by atoms with E-state index in [9.17, 15) is 18.0 Å². The maximum absolute atomic E-state index is 13.0. The van der Waals surface area contributed by atoms with Crippen LogP contribution in [0.5, 0.6) is 0 Å². The van der Waals surface area contributed by atoms with Crippen molar-refractivity contribution in [3.05, 3.63) is 98.9 Å². The van der Waals surface area contributed by atoms with Gasteiger partial charge in [0.05, 0.1) is 15.6 Å². The van der Waals surface area contributed by atoms with Crippen molar-refractivity contribution in [2.75, 3.05) is 0 Å². The third-order valence-corrected chi connectivity index (χ3v) is 5.51. The third-order valence-electron chi connectivity index (χ3n) is 4.63. The van der Waals surface area contributed by atoms with E-state index in [4.69, 9.17) is 43.6 Å². The highest BCUT2D eigenvalue weighted by Crippen LogP contribution is 2.37. The van der Waals surface area contributed by atoms with Crippen LogP contribution in [0.2, 0.25) is 15.1 Å². The molecule has 0 aliphatic heterocycles. The molecular formula is C24H12Cl3F3O3. The minimum Gasteiger partial charge on any atom is -0.457 e. The van der Waals surface area contributed by atoms with E-state index >= 15 is 0 Å². The number of furan rings is 2. The molecule has 2 heterocycles. The van der Waals surface area contributed by atoms with Gasteiger partial charge in [-0.25, -0.2) is 0 Å². The smallest absolute Gasteiger partial charge is 0.416 e. The van der Waals surface area contributed by atoms with Gasteiger partial charge in [0.25, 0.3) is 0 Å². The van der Waals surface area contributed by atoms with Crippen molar-refractivity contribution in [1.82, 2.24) is 0 Å². The molecule has 0 bridgehead atoms. The molecule has 0 saturated heterocycles. The van der Waals surface area contributed by atoms with E-state index in [-0.39, 0.29) is 27.9 Å². The molecule has 0 spiro atoms. The van der Waals surface area contributed by atoms with Gasteiger partial charge >= 0.3 is 6.18 Å². The van der Waals surface area contributed by atoms with E-state index in [1.54, 1.807) is 24.3 Å². The molecule has 0 radical (unpaired) electrons. The zero-order valence-electron chi connectivity index (χ0n) is 16.4. The van der Waals surface area contributed by atoms with Crippen LogP contribution in [0.25, 0.3) is 28.7 Å². The first-order valence-corrected chi connectivity index (χ1v) is 10.5. The lowest BCUT2D eigenvalue weighted by Gasteiger charge is -2.09. The Kier molecular flexibility index (Phi) is 6.43. The van der Waals surface area contributed by atoms with Crippen LogP contribution < -0.4 is 0 Å². The second kappa shape index (κ2) is 9.14. The number of halogens is 6. The number of ketones is 1. The summed E-state index contributed by atoms with van der Waals surface area (Å²) in [4.78, 5) is 12.5. The Bertz CT molecular complexity index is 1370. The van der Waals surface area contributed by atoms with Gasteiger partial charge in [-0.1, -0.05) is 34.8 Å². The first kappa shape index (κ1) is 23.2. The minimum atomic E-state index is -4.51. The highest BCUT2D eigenvalue weighted by Gasteiger charge is 2.31. The Morgan fingerprint density at radius 3 is 2.24 bits per heavy atom. The normalized spacial score (nSPS) is 11.9. The molecule has 0 atom stereocenters. The lowest BCUT2D eigenvalue weighted by Crippen LogP contribution is -2.04. The van der Waals surface area contributed by atoms with Gasteiger partial charge in [0.15, 0.2) is 5.76 Å². The molecule has 0 saturated carbocycles. The Balaban J connectivity index is 1.52. The average molecular weight is 512 g/mol. The number of carbonyl (C=O) groups excluding carboxylic acids is 1. The quantitative estimate of drug-likeness (QED) is 0.198. The highest BCUT2D eigenvalue weighted by atomic mass is 35.5. The average Bonchev–Trinajstić information content (AvgIpc) is 3.41. The summed E-state index contributed by atoms with van der Waals surface area (Å²) in [5, 5.41) is 0.953. The molecule has 4 rings (SSSR count). The van der Waals surface area contributed by atoms with E-state index in [0.717, 1.165) is 18.2 Å². The van der Waals surface area contributed by atoms with Crippen LogP contribution in [-0.4, -0.2) is 5.78 Å². The lowest BCUT2D eigenvalue weighted by molar-refractivity contribution is -0.137. The predicted octanol–water partition coefficient (Wildman–Crippen LogP) is 9.08. The van der Waals surface area contributed by atoms with Crippen LogP contribution in [0.1, 0.15) is 21.9 Å². The number of hydrogen-bond donors (Lipinski definition) is 0. The summed E-state index contributed by atoms with van der Waals surface area (Å²) in [5.41, 5.74) is -0.175. The van der Waals surface area contributed by atoms with Crippen LogP contribution in [0.4, 0.5) is 13.2 Å². The molecule has 0 amide bonds. The van der Waals surface area contributed by atoms with Crippen LogP contribution in [-0.2, 0) is 6.18 Å². The molecule has 33 heavy (non-hydrogen) atoms. The first-order valence-electron chi connectivity index (χ1n) is 9.36. The summed E-state index contributed by atoms with van der Waals surface area (Å²) in [6, 6.07) is 13.9. The molecule has 0 fully saturated rings. The largest absolute Gasteiger partial charge is 0.457 e. The first-order chi connectivity index (χ1) is 15.6. The fraction of sp³-hybridized carbons (Fsp3) is 0.0417. The van der Waals surface area contributed by atoms with Gasteiger partial charge in [0, 0.05) is 16.1 Å². The van der Waals surface area contributed by atoms with Gasteiger partial charge in [-0.3, -0.25) is 4.79 Å². The van der Waals surface area contributed by atoms with Crippen molar-refractivity contribution >= 4 is 46.7 Å². The lowest BCUT2D eigenvalue weighted by atomic mass is 10.1. The van der Waals surface area contributed by atoms with Gasteiger partial charge in [-0.05, 0) is 72.8 Å². The van der Waals surface area contributed by atoms with E-state index in [1.807, 2.05) is 0 Å². The van der Waals surface area contributed by atoms with E-state index in [2.05, 4.69) is 0 Å². The second-order valence-corrected chi connectivity index (χ2v) is 8.13. The molecule has 168 valence electrons. The second-order valence-electron chi connectivity index (χ2n) is 6.88. The molecule has 2 aromatic heterocycles. The van der Waals surface area contributed by atoms with Crippen LogP contribution in [0.3, 0.4) is 0 Å². The molecular weight excluding hydrogens is 500 g/mol. The van der Waals surface area contributed by atoms with Crippen molar-refractivity contribution in [2.24, 2.45) is 0 Å². The highest BCUT2D eigenvalue weighted by molar-refractivity contribution is 6.36. The Morgan fingerprint density at radius 1 is 0.788 bits per heavy atom. The number of rotatable bonds is 5. The Hall–Kier alpha value is -2.93. The molecule has 0 N–H and O–H groups in total. The fourth-order valence-electron chi connectivity index (χ4n) is 3.02. The summed E-state index contributed by atoms with van der Waals surface area (Å²) in [6.45, 7) is 0. The van der Waals surface area contributed by atoms with Gasteiger partial charge in [0.1, 0.15) is 17.3 Å². The zero-order valence-corrected chi connectivity index (χ0v) is 18.7. The Morgan fingerprint density at radius 2 is 1.52 bits per heavy atom. The van der Waals surface area contributed by atoms with Crippen molar-refractivity contribution in [3.63, 3.8) is 0 Å². The number of allylic oxidation sites excluding steroid dienone is 1. The van der Waals surface area contributed by atoms with Crippen LogP contribution in [0, 0.1) is 0 Å². The number of alkyl halides is 3. The zero-order chi connectivity index (χ0) is 23.8. The Labute approximate surface area is 201 Å². The van der Waals surface area contributed by atoms with Crippen molar-refractivity contribution in [1.29, 1.82) is 0 Å². The van der Waals surface area contributed by atoms with Crippen molar-refractivity contribution in [3.8, 4) is 22.6 Å². The third kappa shape index (κ3) is 5.19. The maximum atomic E-state index is 13.0. The standard InChI is InChI=1S/C24H12Cl3F3O3/c25-14-2-5-16(19(27)12-14)21-9-10-23(33-21)20(31)7-3-15-4-8-22(32-15)17-11-13(24(28,29)30)1-6-18(17)26/h1-12H/b7-3+. The van der Waals surface area contributed by atoms with Crippen LogP contribution in [0.15, 0.2) is 75.6 Å². The predicted molar refractivity (Wildman–Crippen MR) is 122 cm³/mol. The molecule has 4 aromatic rings. The number of benzene rings is 2. The van der Waals surface area contributed by atoms with E-state index in [0.29, 0.717) is 21.4 Å². The summed E-state index contributed by atoms with van der Waals surface area (Å²) in [5.74, 6) is 0.407. The van der Waals surface area contributed by atoms with Gasteiger partial charge < -0.3 is 8.83 Å². The maximum Gasteiger partial charge on any atom is 0.416 e. The van der Waals surface area contributed by atoms with Crippen LogP contribution >= 0.6 is 34.8 Å². The SMILES string of the molecule is O=C(/C=C/c1ccc(-c2cc(C(F)(F)F)ccc2Cl)o1)c1ccc(-c2ccc(Cl)cc2Cl)o1.